The molecule has 2 nitrogen and oxygen atoms in total. The topological polar surface area (TPSA) is 24.9 Å². The number of aromatic nitrogens is 1. The maximum atomic E-state index is 4.38. The van der Waals surface area contributed by atoms with Crippen LogP contribution < -0.4 is 5.32 Å². The molecule has 1 fully saturated rings. The van der Waals surface area contributed by atoms with E-state index in [-0.39, 0.29) is 0 Å². The van der Waals surface area contributed by atoms with Crippen LogP contribution in [0.15, 0.2) is 24.4 Å². The van der Waals surface area contributed by atoms with Crippen molar-refractivity contribution in [3.8, 4) is 0 Å². The Morgan fingerprint density at radius 3 is 3.07 bits per heavy atom. The van der Waals surface area contributed by atoms with Gasteiger partial charge in [0.25, 0.3) is 0 Å². The second-order valence-electron chi connectivity index (χ2n) is 4.61. The molecule has 78 valence electrons. The maximum absolute atomic E-state index is 4.38. The van der Waals surface area contributed by atoms with Gasteiger partial charge in [0.05, 0.1) is 0 Å². The van der Waals surface area contributed by atoms with E-state index in [1.165, 1.54) is 24.1 Å². The number of hydrogen-bond acceptors (Lipinski definition) is 2. The largest absolute Gasteiger partial charge is 0.316 e. The van der Waals surface area contributed by atoms with Crippen molar-refractivity contribution in [1.29, 1.82) is 0 Å². The van der Waals surface area contributed by atoms with Crippen molar-refractivity contribution in [2.24, 2.45) is 11.8 Å². The van der Waals surface area contributed by atoms with Crippen LogP contribution >= 0.6 is 0 Å². The van der Waals surface area contributed by atoms with Crippen molar-refractivity contribution < 1.29 is 0 Å². The zero-order valence-electron chi connectivity index (χ0n) is 9.03. The van der Waals surface area contributed by atoms with Crippen LogP contribution in [-0.2, 0) is 0 Å². The minimum absolute atomic E-state index is 0.731. The van der Waals surface area contributed by atoms with Crippen LogP contribution in [0.2, 0.25) is 0 Å². The van der Waals surface area contributed by atoms with Crippen LogP contribution in [0.3, 0.4) is 0 Å². The summed E-state index contributed by atoms with van der Waals surface area (Å²) < 4.78 is 0. The predicted octanol–water partition coefficient (Wildman–Crippen LogP) is 2.01. The molecule has 0 spiro atoms. The van der Waals surface area contributed by atoms with E-state index in [2.05, 4.69) is 28.5 Å². The SMILES string of the molecule is Cc1ccc(C2=CC[C@H]3CNC[C@@H]23)cn1. The molecule has 1 saturated heterocycles. The van der Waals surface area contributed by atoms with E-state index in [1.54, 1.807) is 0 Å². The quantitative estimate of drug-likeness (QED) is 0.750. The van der Waals surface area contributed by atoms with Crippen LogP contribution in [-0.4, -0.2) is 18.1 Å². The summed E-state index contributed by atoms with van der Waals surface area (Å²) in [5.74, 6) is 1.57. The molecular formula is C13H16N2. The van der Waals surface area contributed by atoms with Crippen molar-refractivity contribution >= 4 is 5.57 Å². The lowest BCUT2D eigenvalue weighted by Crippen LogP contribution is -2.10. The highest BCUT2D eigenvalue weighted by molar-refractivity contribution is 5.69. The van der Waals surface area contributed by atoms with Gasteiger partial charge in [-0.3, -0.25) is 4.98 Å². The Labute approximate surface area is 90.4 Å². The molecule has 1 N–H and O–H groups in total. The summed E-state index contributed by atoms with van der Waals surface area (Å²) in [6, 6.07) is 4.31. The van der Waals surface area contributed by atoms with Crippen molar-refractivity contribution in [2.45, 2.75) is 13.3 Å². The Morgan fingerprint density at radius 2 is 2.27 bits per heavy atom. The molecule has 2 heteroatoms. The second-order valence-corrected chi connectivity index (χ2v) is 4.61. The molecule has 0 aromatic carbocycles. The lowest BCUT2D eigenvalue weighted by molar-refractivity contribution is 0.542. The third-order valence-corrected chi connectivity index (χ3v) is 3.62. The fourth-order valence-corrected chi connectivity index (χ4v) is 2.74. The number of nitrogens with zero attached hydrogens (tertiary/aromatic N) is 1. The van der Waals surface area contributed by atoms with Gasteiger partial charge in [0, 0.05) is 24.4 Å². The maximum Gasteiger partial charge on any atom is 0.0373 e. The Kier molecular flexibility index (Phi) is 2.10. The molecule has 0 bridgehead atoms. The molecule has 1 aliphatic heterocycles. The van der Waals surface area contributed by atoms with Crippen molar-refractivity contribution in [3.05, 3.63) is 35.7 Å². The molecule has 1 aromatic rings. The minimum atomic E-state index is 0.731. The number of aryl methyl sites for hydroxylation is 1. The highest BCUT2D eigenvalue weighted by Gasteiger charge is 2.33. The molecular weight excluding hydrogens is 184 g/mol. The summed E-state index contributed by atoms with van der Waals surface area (Å²) in [5.41, 5.74) is 3.92. The van der Waals surface area contributed by atoms with E-state index in [0.29, 0.717) is 0 Å². The van der Waals surface area contributed by atoms with Crippen molar-refractivity contribution in [1.82, 2.24) is 10.3 Å². The number of rotatable bonds is 1. The summed E-state index contributed by atoms with van der Waals surface area (Å²) in [4.78, 5) is 4.38. The Hall–Kier alpha value is -1.15. The van der Waals surface area contributed by atoms with E-state index >= 15 is 0 Å². The van der Waals surface area contributed by atoms with E-state index in [9.17, 15) is 0 Å². The third-order valence-electron chi connectivity index (χ3n) is 3.62. The summed E-state index contributed by atoms with van der Waals surface area (Å²) in [6.45, 7) is 4.36. The number of pyridine rings is 1. The summed E-state index contributed by atoms with van der Waals surface area (Å²) >= 11 is 0. The Balaban J connectivity index is 1.91. The van der Waals surface area contributed by atoms with E-state index in [1.807, 2.05) is 13.1 Å². The van der Waals surface area contributed by atoms with Gasteiger partial charge in [0.15, 0.2) is 0 Å². The number of fused-ring (bicyclic) bond motifs is 1. The fraction of sp³-hybridized carbons (Fsp3) is 0.462. The Morgan fingerprint density at radius 1 is 1.33 bits per heavy atom. The zero-order valence-corrected chi connectivity index (χ0v) is 9.03. The molecule has 2 aliphatic rings. The van der Waals surface area contributed by atoms with Gasteiger partial charge >= 0.3 is 0 Å². The van der Waals surface area contributed by atoms with Gasteiger partial charge in [-0.1, -0.05) is 12.1 Å². The first-order chi connectivity index (χ1) is 7.34. The van der Waals surface area contributed by atoms with Gasteiger partial charge in [-0.05, 0) is 43.0 Å². The van der Waals surface area contributed by atoms with Crippen LogP contribution in [0.25, 0.3) is 5.57 Å². The van der Waals surface area contributed by atoms with Gasteiger partial charge in [-0.2, -0.15) is 0 Å². The van der Waals surface area contributed by atoms with Gasteiger partial charge in [-0.25, -0.2) is 0 Å². The molecule has 1 aromatic heterocycles. The van der Waals surface area contributed by atoms with E-state index in [0.717, 1.165) is 24.1 Å². The molecule has 2 atom stereocenters. The number of nitrogens with one attached hydrogen (secondary N) is 1. The third kappa shape index (κ3) is 1.49. The molecule has 3 rings (SSSR count). The zero-order chi connectivity index (χ0) is 10.3. The highest BCUT2D eigenvalue weighted by Crippen LogP contribution is 2.39. The molecule has 0 radical (unpaired) electrons. The van der Waals surface area contributed by atoms with Gasteiger partial charge < -0.3 is 5.32 Å². The predicted molar refractivity (Wildman–Crippen MR) is 61.4 cm³/mol. The normalized spacial score (nSPS) is 29.0. The van der Waals surface area contributed by atoms with Crippen LogP contribution in [0.1, 0.15) is 17.7 Å². The number of allylic oxidation sites excluding steroid dienone is 1. The summed E-state index contributed by atoms with van der Waals surface area (Å²) in [6.07, 6.45) is 5.66. The van der Waals surface area contributed by atoms with Crippen molar-refractivity contribution in [3.63, 3.8) is 0 Å². The van der Waals surface area contributed by atoms with Crippen LogP contribution in [0.4, 0.5) is 0 Å². The highest BCUT2D eigenvalue weighted by atomic mass is 14.9. The summed E-state index contributed by atoms with van der Waals surface area (Å²) in [7, 11) is 0. The van der Waals surface area contributed by atoms with Crippen molar-refractivity contribution in [2.75, 3.05) is 13.1 Å². The lowest BCUT2D eigenvalue weighted by Gasteiger charge is -2.13. The number of hydrogen-bond donors (Lipinski definition) is 1. The van der Waals surface area contributed by atoms with Gasteiger partial charge in [0.2, 0.25) is 0 Å². The molecule has 2 heterocycles. The molecule has 1 aliphatic carbocycles. The van der Waals surface area contributed by atoms with E-state index in [4.69, 9.17) is 0 Å². The molecule has 0 amide bonds. The van der Waals surface area contributed by atoms with Gasteiger partial charge in [-0.15, -0.1) is 0 Å². The Bertz CT molecular complexity index is 392. The molecule has 0 saturated carbocycles. The molecule has 0 unspecified atom stereocenters. The lowest BCUT2D eigenvalue weighted by atomic mass is 9.91. The standard InChI is InChI=1S/C13H16N2/c1-9-2-3-11(7-15-9)12-5-4-10-6-14-8-13(10)12/h2-3,5,7,10,13-14H,4,6,8H2,1H3/t10-,13+/m0/s1. The molecule has 15 heavy (non-hydrogen) atoms. The fourth-order valence-electron chi connectivity index (χ4n) is 2.74. The second kappa shape index (κ2) is 3.46. The van der Waals surface area contributed by atoms with Gasteiger partial charge in [0.1, 0.15) is 0 Å². The first kappa shape index (κ1) is 9.10. The average molecular weight is 200 g/mol. The van der Waals surface area contributed by atoms with E-state index < -0.39 is 0 Å². The van der Waals surface area contributed by atoms with Crippen LogP contribution in [0.5, 0.6) is 0 Å². The first-order valence-electron chi connectivity index (χ1n) is 5.68. The monoisotopic (exact) mass is 200 g/mol. The smallest absolute Gasteiger partial charge is 0.0373 e. The average Bonchev–Trinajstić information content (AvgIpc) is 2.80. The minimum Gasteiger partial charge on any atom is -0.316 e. The summed E-state index contributed by atoms with van der Waals surface area (Å²) in [5, 5.41) is 3.47. The first-order valence-corrected chi connectivity index (χ1v) is 5.68. The van der Waals surface area contributed by atoms with Crippen LogP contribution in [0, 0.1) is 18.8 Å².